The predicted octanol–water partition coefficient (Wildman–Crippen LogP) is 2.81. The van der Waals surface area contributed by atoms with Gasteiger partial charge in [0.05, 0.1) is 11.5 Å². The Morgan fingerprint density at radius 1 is 1.14 bits per heavy atom. The number of ether oxygens (including phenoxy) is 1. The van der Waals surface area contributed by atoms with Crippen LogP contribution >= 0.6 is 0 Å². The van der Waals surface area contributed by atoms with Crippen molar-refractivity contribution in [2.24, 2.45) is 16.2 Å². The van der Waals surface area contributed by atoms with Crippen LogP contribution in [0.25, 0.3) is 0 Å². The predicted molar refractivity (Wildman–Crippen MR) is 105 cm³/mol. The van der Waals surface area contributed by atoms with Crippen LogP contribution in [-0.2, 0) is 10.0 Å². The quantitative estimate of drug-likeness (QED) is 0.591. The number of sulfonamides is 1. The first-order valence-electron chi connectivity index (χ1n) is 8.90. The molecule has 0 saturated heterocycles. The zero-order valence-corrected chi connectivity index (χ0v) is 16.0. The summed E-state index contributed by atoms with van der Waals surface area (Å²) in [5, 5.41) is 10.9. The lowest BCUT2D eigenvalue weighted by Gasteiger charge is -2.21. The number of hydrogen-bond acceptors (Lipinski definition) is 9. The molecule has 0 amide bonds. The number of nitrogen functional groups attached to an aromatic ring is 1. The van der Waals surface area contributed by atoms with Gasteiger partial charge in [-0.3, -0.25) is 0 Å². The van der Waals surface area contributed by atoms with Gasteiger partial charge in [0.15, 0.2) is 5.82 Å². The minimum Gasteiger partial charge on any atom is -0.476 e. The lowest BCUT2D eigenvalue weighted by Crippen LogP contribution is -2.16. The van der Waals surface area contributed by atoms with Gasteiger partial charge < -0.3 is 15.8 Å². The van der Waals surface area contributed by atoms with Crippen LogP contribution in [0, 0.1) is 10.8 Å². The summed E-state index contributed by atoms with van der Waals surface area (Å²) in [5.74, 6) is 0.433. The molecule has 28 heavy (non-hydrogen) atoms. The lowest BCUT2D eigenvalue weighted by molar-refractivity contribution is 0.203. The third-order valence-electron chi connectivity index (χ3n) is 4.59. The lowest BCUT2D eigenvalue weighted by atomic mass is 9.90. The summed E-state index contributed by atoms with van der Waals surface area (Å²) in [6, 6.07) is 5.72. The fourth-order valence-corrected chi connectivity index (χ4v) is 3.62. The minimum absolute atomic E-state index is 0.0181. The first-order chi connectivity index (χ1) is 13.4. The summed E-state index contributed by atoms with van der Waals surface area (Å²) < 4.78 is 28.4. The average molecular weight is 406 g/mol. The van der Waals surface area contributed by atoms with Crippen molar-refractivity contribution in [3.63, 3.8) is 0 Å². The normalized spacial score (nSPS) is 15.2. The van der Waals surface area contributed by atoms with Gasteiger partial charge in [0.2, 0.25) is 21.7 Å². The molecule has 1 aliphatic carbocycles. The zero-order chi connectivity index (χ0) is 20.1. The average Bonchev–Trinajstić information content (AvgIpc) is 2.67. The Kier molecular flexibility index (Phi) is 6.05. The number of rotatable bonds is 7. The van der Waals surface area contributed by atoms with Gasteiger partial charge in [-0.25, -0.2) is 13.6 Å². The molecule has 2 aromatic rings. The van der Waals surface area contributed by atoms with Crippen molar-refractivity contribution in [2.75, 3.05) is 17.7 Å². The maximum absolute atomic E-state index is 11.3. The minimum atomic E-state index is -3.78. The number of nitrogens with zero attached hydrogens (tertiary/aromatic N) is 3. The highest BCUT2D eigenvalue weighted by molar-refractivity contribution is 7.89. The smallest absolute Gasteiger partial charge is 0.250 e. The summed E-state index contributed by atoms with van der Waals surface area (Å²) >= 11 is 0. The molecule has 1 fully saturated rings. The molecule has 1 saturated carbocycles. The first-order valence-corrected chi connectivity index (χ1v) is 10.4. The molecule has 0 aliphatic heterocycles. The maximum atomic E-state index is 11.3. The molecule has 1 aromatic heterocycles. The summed E-state index contributed by atoms with van der Waals surface area (Å²) in [4.78, 5) is 19.3. The molecule has 1 heterocycles. The van der Waals surface area contributed by atoms with Gasteiger partial charge in [0.25, 0.3) is 5.88 Å². The van der Waals surface area contributed by atoms with Gasteiger partial charge in [-0.2, -0.15) is 9.97 Å². The van der Waals surface area contributed by atoms with Gasteiger partial charge in [-0.05, 0) is 48.2 Å². The number of nitrogens with two attached hydrogens (primary N) is 2. The number of nitrogens with one attached hydrogen (secondary N) is 1. The number of benzene rings is 1. The molecular weight excluding hydrogens is 384 g/mol. The van der Waals surface area contributed by atoms with Crippen molar-refractivity contribution >= 4 is 33.2 Å². The van der Waals surface area contributed by atoms with E-state index in [-0.39, 0.29) is 28.2 Å². The highest BCUT2D eigenvalue weighted by atomic mass is 32.2. The van der Waals surface area contributed by atoms with E-state index in [4.69, 9.17) is 15.6 Å². The van der Waals surface area contributed by atoms with E-state index in [9.17, 15) is 13.3 Å². The molecule has 1 aliphatic rings. The number of hydrogen-bond donors (Lipinski definition) is 3. The monoisotopic (exact) mass is 406 g/mol. The number of primary sulfonamides is 1. The number of nitroso groups, excluding NO2 is 1. The van der Waals surface area contributed by atoms with Crippen molar-refractivity contribution in [1.82, 2.24) is 9.97 Å². The van der Waals surface area contributed by atoms with Crippen LogP contribution in [0.4, 0.5) is 23.1 Å². The summed E-state index contributed by atoms with van der Waals surface area (Å²) in [6.07, 6.45) is 5.72. The van der Waals surface area contributed by atoms with Crippen LogP contribution < -0.4 is 20.9 Å². The Balaban J connectivity index is 1.77. The van der Waals surface area contributed by atoms with Crippen molar-refractivity contribution in [1.29, 1.82) is 0 Å². The zero-order valence-electron chi connectivity index (χ0n) is 15.2. The molecule has 10 nitrogen and oxygen atoms in total. The highest BCUT2D eigenvalue weighted by Gasteiger charge is 2.19. The van der Waals surface area contributed by atoms with E-state index < -0.39 is 10.0 Å². The van der Waals surface area contributed by atoms with Gasteiger partial charge >= 0.3 is 0 Å². The topological polar surface area (TPSA) is 163 Å². The second kappa shape index (κ2) is 8.48. The van der Waals surface area contributed by atoms with Crippen LogP contribution in [0.3, 0.4) is 0 Å². The van der Waals surface area contributed by atoms with E-state index in [2.05, 4.69) is 20.5 Å². The van der Waals surface area contributed by atoms with E-state index >= 15 is 0 Å². The Morgan fingerprint density at radius 2 is 1.82 bits per heavy atom. The Hall–Kier alpha value is -2.79. The fourth-order valence-electron chi connectivity index (χ4n) is 3.10. The standard InChI is InChI=1S/C17H22N6O4S/c18-15-14(23-24)16(27-10-11-4-2-1-3-5-11)22-17(21-15)20-12-6-8-13(9-7-12)28(19,25)26/h6-9,11H,1-5,10H2,(H2,19,25,26)(H3,18,20,21,22). The Labute approximate surface area is 162 Å². The largest absolute Gasteiger partial charge is 0.476 e. The van der Waals surface area contributed by atoms with Crippen molar-refractivity contribution in [3.8, 4) is 5.88 Å². The maximum Gasteiger partial charge on any atom is 0.250 e. The van der Waals surface area contributed by atoms with Crippen LogP contribution in [0.15, 0.2) is 34.3 Å². The molecule has 0 radical (unpaired) electrons. The molecule has 150 valence electrons. The highest BCUT2D eigenvalue weighted by Crippen LogP contribution is 2.33. The van der Waals surface area contributed by atoms with E-state index in [0.717, 1.165) is 12.8 Å². The Bertz CT molecular complexity index is 943. The summed E-state index contributed by atoms with van der Waals surface area (Å²) in [6.45, 7) is 0.432. The molecule has 3 rings (SSSR count). The molecule has 1 aromatic carbocycles. The van der Waals surface area contributed by atoms with Crippen LogP contribution in [0.5, 0.6) is 5.88 Å². The van der Waals surface area contributed by atoms with Crippen LogP contribution in [0.1, 0.15) is 32.1 Å². The summed E-state index contributed by atoms with van der Waals surface area (Å²) in [5.41, 5.74) is 6.19. The van der Waals surface area contributed by atoms with Crippen LogP contribution in [0.2, 0.25) is 0 Å². The number of anilines is 3. The first kappa shape index (κ1) is 20.0. The van der Waals surface area contributed by atoms with E-state index in [1.54, 1.807) is 0 Å². The van der Waals surface area contributed by atoms with Crippen molar-refractivity contribution in [3.05, 3.63) is 29.2 Å². The van der Waals surface area contributed by atoms with Gasteiger partial charge in [0.1, 0.15) is 0 Å². The van der Waals surface area contributed by atoms with E-state index in [0.29, 0.717) is 18.2 Å². The number of aromatic nitrogens is 2. The molecule has 11 heteroatoms. The van der Waals surface area contributed by atoms with Gasteiger partial charge in [-0.15, -0.1) is 4.91 Å². The molecule has 0 spiro atoms. The van der Waals surface area contributed by atoms with Crippen molar-refractivity contribution in [2.45, 2.75) is 37.0 Å². The second-order valence-electron chi connectivity index (χ2n) is 6.69. The van der Waals surface area contributed by atoms with Crippen LogP contribution in [-0.4, -0.2) is 25.0 Å². The fraction of sp³-hybridized carbons (Fsp3) is 0.412. The summed E-state index contributed by atoms with van der Waals surface area (Å²) in [7, 11) is -3.78. The van der Waals surface area contributed by atoms with Gasteiger partial charge in [-0.1, -0.05) is 19.3 Å². The molecule has 0 bridgehead atoms. The van der Waals surface area contributed by atoms with E-state index in [1.807, 2.05) is 0 Å². The third kappa shape index (κ3) is 4.93. The molecule has 0 atom stereocenters. The van der Waals surface area contributed by atoms with Gasteiger partial charge in [0, 0.05) is 5.69 Å². The van der Waals surface area contributed by atoms with E-state index in [1.165, 1.54) is 43.5 Å². The Morgan fingerprint density at radius 3 is 2.43 bits per heavy atom. The third-order valence-corrected chi connectivity index (χ3v) is 5.52. The molecule has 0 unspecified atom stereocenters. The van der Waals surface area contributed by atoms with Crippen molar-refractivity contribution < 1.29 is 13.2 Å². The molecular formula is C17H22N6O4S. The molecule has 5 N–H and O–H groups in total. The second-order valence-corrected chi connectivity index (χ2v) is 8.25. The SMILES string of the molecule is Nc1nc(Nc2ccc(S(N)(=O)=O)cc2)nc(OCC2CCCCC2)c1N=O.